The summed E-state index contributed by atoms with van der Waals surface area (Å²) in [5, 5.41) is 4.11. The van der Waals surface area contributed by atoms with Gasteiger partial charge in [0.15, 0.2) is 0 Å². The van der Waals surface area contributed by atoms with Crippen molar-refractivity contribution in [2.75, 3.05) is 16.3 Å². The number of anilines is 3. The number of aryl methyl sites for hydroxylation is 1. The third kappa shape index (κ3) is 4.82. The molecule has 2 aromatic carbocycles. The Balaban J connectivity index is 1.52. The SMILES string of the molecule is Cc1cc2cc(Oc3ccnc(Nc4cccc(NS(C)(=O)=O)c4)n3)ccc2[nH]1. The molecule has 29 heavy (non-hydrogen) atoms. The van der Waals surface area contributed by atoms with Crippen LogP contribution in [0.4, 0.5) is 17.3 Å². The highest BCUT2D eigenvalue weighted by Gasteiger charge is 2.06. The van der Waals surface area contributed by atoms with Crippen molar-refractivity contribution in [1.82, 2.24) is 15.0 Å². The molecule has 0 fully saturated rings. The third-order valence-electron chi connectivity index (χ3n) is 4.00. The Morgan fingerprint density at radius 3 is 2.69 bits per heavy atom. The number of fused-ring (bicyclic) bond motifs is 1. The number of ether oxygens (including phenoxy) is 1. The third-order valence-corrected chi connectivity index (χ3v) is 4.61. The minimum Gasteiger partial charge on any atom is -0.439 e. The molecule has 4 aromatic rings. The Morgan fingerprint density at radius 2 is 1.86 bits per heavy atom. The lowest BCUT2D eigenvalue weighted by Gasteiger charge is -2.09. The average molecular weight is 409 g/mol. The maximum Gasteiger partial charge on any atom is 0.230 e. The van der Waals surface area contributed by atoms with Crippen molar-refractivity contribution in [3.63, 3.8) is 0 Å². The number of aromatic nitrogens is 3. The Kier molecular flexibility index (Phi) is 4.81. The number of benzene rings is 2. The van der Waals surface area contributed by atoms with E-state index < -0.39 is 10.0 Å². The van der Waals surface area contributed by atoms with Crippen molar-refractivity contribution in [1.29, 1.82) is 0 Å². The van der Waals surface area contributed by atoms with E-state index in [0.29, 0.717) is 29.0 Å². The van der Waals surface area contributed by atoms with Gasteiger partial charge in [-0.05, 0) is 49.4 Å². The van der Waals surface area contributed by atoms with Gasteiger partial charge < -0.3 is 15.0 Å². The van der Waals surface area contributed by atoms with E-state index in [1.54, 1.807) is 36.5 Å². The number of nitrogens with zero attached hydrogens (tertiary/aromatic N) is 2. The second-order valence-electron chi connectivity index (χ2n) is 6.60. The van der Waals surface area contributed by atoms with Crippen LogP contribution in [-0.2, 0) is 10.0 Å². The molecule has 2 heterocycles. The smallest absolute Gasteiger partial charge is 0.230 e. The molecule has 0 radical (unpaired) electrons. The molecule has 4 rings (SSSR count). The zero-order chi connectivity index (χ0) is 20.4. The fourth-order valence-electron chi connectivity index (χ4n) is 2.90. The summed E-state index contributed by atoms with van der Waals surface area (Å²) in [4.78, 5) is 11.8. The van der Waals surface area contributed by atoms with Crippen LogP contribution in [0.2, 0.25) is 0 Å². The Bertz CT molecular complexity index is 1280. The molecule has 0 aliphatic carbocycles. The Hall–Kier alpha value is -3.59. The minimum atomic E-state index is -3.35. The molecular weight excluding hydrogens is 390 g/mol. The van der Waals surface area contributed by atoms with Crippen LogP contribution < -0.4 is 14.8 Å². The molecule has 0 spiro atoms. The molecule has 8 nitrogen and oxygen atoms in total. The Labute approximate surface area is 168 Å². The summed E-state index contributed by atoms with van der Waals surface area (Å²) in [5.41, 5.74) is 3.21. The lowest BCUT2D eigenvalue weighted by Crippen LogP contribution is -2.09. The van der Waals surface area contributed by atoms with E-state index >= 15 is 0 Å². The molecule has 2 aromatic heterocycles. The molecule has 0 atom stereocenters. The van der Waals surface area contributed by atoms with Gasteiger partial charge in [-0.15, -0.1) is 0 Å². The number of nitrogens with one attached hydrogen (secondary N) is 3. The van der Waals surface area contributed by atoms with Crippen LogP contribution >= 0.6 is 0 Å². The highest BCUT2D eigenvalue weighted by molar-refractivity contribution is 7.92. The molecule has 0 amide bonds. The summed E-state index contributed by atoms with van der Waals surface area (Å²) in [6.45, 7) is 2.00. The molecule has 0 unspecified atom stereocenters. The van der Waals surface area contributed by atoms with Gasteiger partial charge in [0.1, 0.15) is 5.75 Å². The van der Waals surface area contributed by atoms with Gasteiger partial charge in [0.2, 0.25) is 21.9 Å². The summed E-state index contributed by atoms with van der Waals surface area (Å²) in [6.07, 6.45) is 2.69. The van der Waals surface area contributed by atoms with Gasteiger partial charge >= 0.3 is 0 Å². The zero-order valence-corrected chi connectivity index (χ0v) is 16.6. The topological polar surface area (TPSA) is 109 Å². The average Bonchev–Trinajstić information content (AvgIpc) is 3.00. The van der Waals surface area contributed by atoms with Gasteiger partial charge in [-0.2, -0.15) is 4.98 Å². The molecule has 0 aliphatic rings. The summed E-state index contributed by atoms with van der Waals surface area (Å²) >= 11 is 0. The van der Waals surface area contributed by atoms with Crippen molar-refractivity contribution in [3.05, 3.63) is 66.5 Å². The maximum absolute atomic E-state index is 11.4. The predicted octanol–water partition coefficient (Wildman–Crippen LogP) is 4.17. The van der Waals surface area contributed by atoms with Crippen molar-refractivity contribution in [2.45, 2.75) is 6.92 Å². The van der Waals surface area contributed by atoms with Gasteiger partial charge in [-0.1, -0.05) is 6.07 Å². The van der Waals surface area contributed by atoms with E-state index in [1.807, 2.05) is 31.2 Å². The summed E-state index contributed by atoms with van der Waals surface area (Å²) in [7, 11) is -3.35. The predicted molar refractivity (Wildman–Crippen MR) is 113 cm³/mol. The van der Waals surface area contributed by atoms with E-state index in [2.05, 4.69) is 25.0 Å². The number of sulfonamides is 1. The summed E-state index contributed by atoms with van der Waals surface area (Å²) in [6, 6.07) is 16.3. The van der Waals surface area contributed by atoms with Gasteiger partial charge in [-0.25, -0.2) is 13.4 Å². The minimum absolute atomic E-state index is 0.331. The lowest BCUT2D eigenvalue weighted by molar-refractivity contribution is 0.463. The van der Waals surface area contributed by atoms with Crippen LogP contribution in [0.5, 0.6) is 11.6 Å². The number of H-pyrrole nitrogens is 1. The standard InChI is InChI=1S/C20H19N5O3S/c1-13-10-14-11-17(6-7-18(14)22-13)28-19-8-9-21-20(24-19)23-15-4-3-5-16(12-15)25-29(2,26)27/h3-12,22,25H,1-2H3,(H,21,23,24). The molecule has 3 N–H and O–H groups in total. The van der Waals surface area contributed by atoms with Crippen LogP contribution in [0.25, 0.3) is 10.9 Å². The van der Waals surface area contributed by atoms with Crippen LogP contribution in [0.15, 0.2) is 60.8 Å². The summed E-state index contributed by atoms with van der Waals surface area (Å²) in [5.74, 6) is 1.39. The second kappa shape index (κ2) is 7.44. The van der Waals surface area contributed by atoms with E-state index in [-0.39, 0.29) is 0 Å². The first-order chi connectivity index (χ1) is 13.8. The monoisotopic (exact) mass is 409 g/mol. The normalized spacial score (nSPS) is 11.4. The van der Waals surface area contributed by atoms with Crippen molar-refractivity contribution in [2.24, 2.45) is 0 Å². The first-order valence-corrected chi connectivity index (χ1v) is 10.7. The van der Waals surface area contributed by atoms with Gasteiger partial charge in [-0.3, -0.25) is 4.72 Å². The van der Waals surface area contributed by atoms with Crippen LogP contribution in [0, 0.1) is 6.92 Å². The Morgan fingerprint density at radius 1 is 1.03 bits per heavy atom. The fraction of sp³-hybridized carbons (Fsp3) is 0.100. The second-order valence-corrected chi connectivity index (χ2v) is 8.35. The molecular formula is C20H19N5O3S. The molecule has 0 bridgehead atoms. The number of aromatic amines is 1. The van der Waals surface area contributed by atoms with E-state index in [4.69, 9.17) is 4.74 Å². The molecule has 0 aliphatic heterocycles. The first-order valence-electron chi connectivity index (χ1n) is 8.79. The fourth-order valence-corrected chi connectivity index (χ4v) is 3.46. The number of hydrogen-bond acceptors (Lipinski definition) is 6. The first kappa shape index (κ1) is 18.8. The van der Waals surface area contributed by atoms with Gasteiger partial charge in [0, 0.05) is 34.5 Å². The van der Waals surface area contributed by atoms with Crippen molar-refractivity contribution in [3.8, 4) is 11.6 Å². The summed E-state index contributed by atoms with van der Waals surface area (Å²) < 4.78 is 31.1. The van der Waals surface area contributed by atoms with E-state index in [1.165, 1.54) is 0 Å². The highest BCUT2D eigenvalue weighted by Crippen LogP contribution is 2.26. The molecule has 9 heteroatoms. The van der Waals surface area contributed by atoms with Gasteiger partial charge in [0.25, 0.3) is 0 Å². The van der Waals surface area contributed by atoms with Crippen LogP contribution in [-0.4, -0.2) is 29.6 Å². The lowest BCUT2D eigenvalue weighted by atomic mass is 10.2. The molecule has 0 saturated heterocycles. The van der Waals surface area contributed by atoms with Crippen molar-refractivity contribution < 1.29 is 13.2 Å². The molecule has 148 valence electrons. The van der Waals surface area contributed by atoms with Crippen LogP contribution in [0.3, 0.4) is 0 Å². The maximum atomic E-state index is 11.4. The van der Waals surface area contributed by atoms with E-state index in [0.717, 1.165) is 22.9 Å². The number of hydrogen-bond donors (Lipinski definition) is 3. The highest BCUT2D eigenvalue weighted by atomic mass is 32.2. The largest absolute Gasteiger partial charge is 0.439 e. The quantitative estimate of drug-likeness (QED) is 0.441. The van der Waals surface area contributed by atoms with Crippen molar-refractivity contribution >= 4 is 38.2 Å². The van der Waals surface area contributed by atoms with Crippen LogP contribution in [0.1, 0.15) is 5.69 Å². The van der Waals surface area contributed by atoms with E-state index in [9.17, 15) is 8.42 Å². The van der Waals surface area contributed by atoms with Gasteiger partial charge in [0.05, 0.1) is 11.9 Å². The number of rotatable bonds is 6. The molecule has 0 saturated carbocycles. The zero-order valence-electron chi connectivity index (χ0n) is 15.8.